The molecule has 0 aliphatic rings. The molecule has 0 aliphatic heterocycles. The third kappa shape index (κ3) is 4.22. The molecule has 0 saturated carbocycles. The van der Waals surface area contributed by atoms with Gasteiger partial charge < -0.3 is 9.30 Å². The molecule has 0 atom stereocenters. The molecule has 1 aromatic carbocycles. The highest BCUT2D eigenvalue weighted by molar-refractivity contribution is 5.96. The molecule has 1 aromatic heterocycles. The normalized spacial score (nSPS) is 10.3. The van der Waals surface area contributed by atoms with Crippen LogP contribution in [0.15, 0.2) is 30.3 Å². The van der Waals surface area contributed by atoms with Crippen molar-refractivity contribution in [3.05, 3.63) is 52.8 Å². The van der Waals surface area contributed by atoms with E-state index < -0.39 is 11.8 Å². The molecular formula is C19H22N4O3. The number of aryl methyl sites for hydroxylation is 1. The molecule has 7 nitrogen and oxygen atoms in total. The standard InChI is InChI=1S/C19H22N4O3/c1-12(2)23-13(3)9-16(14(23)4)19(25)22-21-18(24)11-26-17-8-6-5-7-15(17)10-20/h5-9,12H,11H2,1-4H3,(H,21,24)(H,22,25). The SMILES string of the molecule is Cc1cc(C(=O)NNC(=O)COc2ccccc2C#N)c(C)n1C(C)C. The van der Waals surface area contributed by atoms with Gasteiger partial charge in [-0.2, -0.15) is 5.26 Å². The van der Waals surface area contributed by atoms with E-state index in [4.69, 9.17) is 10.00 Å². The average Bonchev–Trinajstić information content (AvgIpc) is 2.92. The molecule has 2 N–H and O–H groups in total. The van der Waals surface area contributed by atoms with E-state index in [1.165, 1.54) is 0 Å². The molecule has 26 heavy (non-hydrogen) atoms. The van der Waals surface area contributed by atoms with Crippen LogP contribution in [0.25, 0.3) is 0 Å². The number of nitrogens with one attached hydrogen (secondary N) is 2. The van der Waals surface area contributed by atoms with E-state index in [9.17, 15) is 9.59 Å². The first kappa shape index (κ1) is 19.1. The molecule has 2 rings (SSSR count). The van der Waals surface area contributed by atoms with Gasteiger partial charge in [-0.1, -0.05) is 12.1 Å². The second-order valence-corrected chi connectivity index (χ2v) is 6.15. The Hall–Kier alpha value is -3.27. The molecule has 2 aromatic rings. The number of benzene rings is 1. The van der Waals surface area contributed by atoms with Crippen molar-refractivity contribution in [1.82, 2.24) is 15.4 Å². The average molecular weight is 354 g/mol. The van der Waals surface area contributed by atoms with Gasteiger partial charge >= 0.3 is 0 Å². The second kappa shape index (κ2) is 8.21. The van der Waals surface area contributed by atoms with E-state index in [-0.39, 0.29) is 12.6 Å². The molecular weight excluding hydrogens is 332 g/mol. The highest BCUT2D eigenvalue weighted by atomic mass is 16.5. The van der Waals surface area contributed by atoms with E-state index in [0.717, 1.165) is 11.4 Å². The van der Waals surface area contributed by atoms with Crippen molar-refractivity contribution in [3.63, 3.8) is 0 Å². The molecule has 1 heterocycles. The van der Waals surface area contributed by atoms with Crippen molar-refractivity contribution in [2.45, 2.75) is 33.7 Å². The Morgan fingerprint density at radius 2 is 1.92 bits per heavy atom. The van der Waals surface area contributed by atoms with E-state index >= 15 is 0 Å². The molecule has 0 spiro atoms. The lowest BCUT2D eigenvalue weighted by Crippen LogP contribution is -2.44. The van der Waals surface area contributed by atoms with Gasteiger partial charge in [-0.15, -0.1) is 0 Å². The smallest absolute Gasteiger partial charge is 0.276 e. The van der Waals surface area contributed by atoms with Crippen molar-refractivity contribution >= 4 is 11.8 Å². The van der Waals surface area contributed by atoms with Gasteiger partial charge in [-0.05, 0) is 45.9 Å². The largest absolute Gasteiger partial charge is 0.482 e. The molecule has 0 fully saturated rings. The zero-order valence-corrected chi connectivity index (χ0v) is 15.3. The van der Waals surface area contributed by atoms with E-state index in [1.54, 1.807) is 30.3 Å². The number of carbonyl (C=O) groups excluding carboxylic acids is 2. The first-order valence-corrected chi connectivity index (χ1v) is 8.24. The van der Waals surface area contributed by atoms with E-state index in [1.807, 2.05) is 33.8 Å². The summed E-state index contributed by atoms with van der Waals surface area (Å²) in [4.78, 5) is 24.2. The minimum Gasteiger partial charge on any atom is -0.482 e. The van der Waals surface area contributed by atoms with Gasteiger partial charge in [0.15, 0.2) is 6.61 Å². The Morgan fingerprint density at radius 3 is 2.54 bits per heavy atom. The van der Waals surface area contributed by atoms with E-state index in [0.29, 0.717) is 16.9 Å². The third-order valence-corrected chi connectivity index (χ3v) is 3.93. The number of rotatable bonds is 5. The summed E-state index contributed by atoms with van der Waals surface area (Å²) in [6.07, 6.45) is 0. The number of nitriles is 1. The summed E-state index contributed by atoms with van der Waals surface area (Å²) in [5, 5.41) is 8.99. The fourth-order valence-corrected chi connectivity index (χ4v) is 2.86. The maximum Gasteiger partial charge on any atom is 0.276 e. The van der Waals surface area contributed by atoms with Crippen molar-refractivity contribution in [2.75, 3.05) is 6.61 Å². The summed E-state index contributed by atoms with van der Waals surface area (Å²) in [5.74, 6) is -0.600. The van der Waals surface area contributed by atoms with Crippen molar-refractivity contribution < 1.29 is 14.3 Å². The molecule has 0 unspecified atom stereocenters. The molecule has 7 heteroatoms. The highest BCUT2D eigenvalue weighted by Crippen LogP contribution is 2.20. The fraction of sp³-hybridized carbons (Fsp3) is 0.316. The molecule has 0 saturated heterocycles. The van der Waals surface area contributed by atoms with Crippen molar-refractivity contribution in [1.29, 1.82) is 5.26 Å². The van der Waals surface area contributed by atoms with Gasteiger partial charge in [0.05, 0.1) is 11.1 Å². The maximum atomic E-state index is 12.3. The maximum absolute atomic E-state index is 12.3. The van der Waals surface area contributed by atoms with Crippen LogP contribution in [0.2, 0.25) is 0 Å². The number of hydrazine groups is 1. The monoisotopic (exact) mass is 354 g/mol. The second-order valence-electron chi connectivity index (χ2n) is 6.15. The number of amides is 2. The Bertz CT molecular complexity index is 862. The summed E-state index contributed by atoms with van der Waals surface area (Å²) < 4.78 is 7.37. The summed E-state index contributed by atoms with van der Waals surface area (Å²) >= 11 is 0. The van der Waals surface area contributed by atoms with Gasteiger partial charge in [0.25, 0.3) is 11.8 Å². The minimum atomic E-state index is -0.524. The summed E-state index contributed by atoms with van der Waals surface area (Å²) in [6, 6.07) is 10.6. The summed E-state index contributed by atoms with van der Waals surface area (Å²) in [7, 11) is 0. The van der Waals surface area contributed by atoms with Crippen LogP contribution in [0, 0.1) is 25.2 Å². The predicted octanol–water partition coefficient (Wildman–Crippen LogP) is 2.40. The van der Waals surface area contributed by atoms with Gasteiger partial charge in [0, 0.05) is 17.4 Å². The predicted molar refractivity (Wildman–Crippen MR) is 96.6 cm³/mol. The van der Waals surface area contributed by atoms with Gasteiger partial charge in [-0.25, -0.2) is 0 Å². The molecule has 2 amide bonds. The van der Waals surface area contributed by atoms with Crippen molar-refractivity contribution in [2.24, 2.45) is 0 Å². The number of hydrogen-bond donors (Lipinski definition) is 2. The van der Waals surface area contributed by atoms with Crippen LogP contribution < -0.4 is 15.6 Å². The number of para-hydroxylation sites is 1. The minimum absolute atomic E-state index is 0.236. The first-order valence-electron chi connectivity index (χ1n) is 8.24. The van der Waals surface area contributed by atoms with Gasteiger partial charge in [0.1, 0.15) is 11.8 Å². The lowest BCUT2D eigenvalue weighted by atomic mass is 10.2. The quantitative estimate of drug-likeness (QED) is 0.806. The number of aromatic nitrogens is 1. The number of carbonyl (C=O) groups is 2. The third-order valence-electron chi connectivity index (χ3n) is 3.93. The summed E-state index contributed by atoms with van der Waals surface area (Å²) in [5.41, 5.74) is 7.36. The van der Waals surface area contributed by atoms with Gasteiger partial charge in [0.2, 0.25) is 0 Å². The van der Waals surface area contributed by atoms with Crippen LogP contribution in [0.4, 0.5) is 0 Å². The fourth-order valence-electron chi connectivity index (χ4n) is 2.86. The molecule has 0 radical (unpaired) electrons. The first-order chi connectivity index (χ1) is 12.3. The summed E-state index contributed by atoms with van der Waals surface area (Å²) in [6.45, 7) is 7.57. The van der Waals surface area contributed by atoms with Crippen LogP contribution in [-0.2, 0) is 4.79 Å². The van der Waals surface area contributed by atoms with Crippen molar-refractivity contribution in [3.8, 4) is 11.8 Å². The van der Waals surface area contributed by atoms with Crippen LogP contribution in [0.5, 0.6) is 5.75 Å². The molecule has 136 valence electrons. The number of ether oxygens (including phenoxy) is 1. The van der Waals surface area contributed by atoms with Crippen LogP contribution in [0.3, 0.4) is 0 Å². The van der Waals surface area contributed by atoms with E-state index in [2.05, 4.69) is 15.4 Å². The zero-order chi connectivity index (χ0) is 19.3. The topological polar surface area (TPSA) is 96.2 Å². The number of hydrogen-bond acceptors (Lipinski definition) is 4. The highest BCUT2D eigenvalue weighted by Gasteiger charge is 2.17. The Kier molecular flexibility index (Phi) is 6.02. The Morgan fingerprint density at radius 1 is 1.23 bits per heavy atom. The Balaban J connectivity index is 1.92. The van der Waals surface area contributed by atoms with Crippen LogP contribution in [0.1, 0.15) is 47.2 Å². The lowest BCUT2D eigenvalue weighted by Gasteiger charge is -2.14. The zero-order valence-electron chi connectivity index (χ0n) is 15.3. The molecule has 0 bridgehead atoms. The Labute approximate surface area is 152 Å². The van der Waals surface area contributed by atoms with Gasteiger partial charge in [-0.3, -0.25) is 20.4 Å². The van der Waals surface area contributed by atoms with Crippen LogP contribution >= 0.6 is 0 Å². The molecule has 0 aliphatic carbocycles. The number of nitrogens with zero attached hydrogens (tertiary/aromatic N) is 2. The lowest BCUT2D eigenvalue weighted by molar-refractivity contribution is -0.123. The van der Waals surface area contributed by atoms with Crippen LogP contribution in [-0.4, -0.2) is 23.0 Å².